The molecule has 4 heteroatoms. The highest BCUT2D eigenvalue weighted by molar-refractivity contribution is 6.30. The van der Waals surface area contributed by atoms with Crippen LogP contribution in [0.25, 0.3) is 0 Å². The molecule has 1 aromatic rings. The zero-order chi connectivity index (χ0) is 13.6. The SMILES string of the molecule is CC(C)(CNC(=O)CCCO)c1ccc(Cl)cc1. The van der Waals surface area contributed by atoms with E-state index in [9.17, 15) is 4.79 Å². The summed E-state index contributed by atoms with van der Waals surface area (Å²) in [6.07, 6.45) is 0.875. The third-order valence-corrected chi connectivity index (χ3v) is 3.17. The zero-order valence-electron chi connectivity index (χ0n) is 10.9. The van der Waals surface area contributed by atoms with E-state index in [2.05, 4.69) is 19.2 Å². The van der Waals surface area contributed by atoms with Gasteiger partial charge in [-0.15, -0.1) is 0 Å². The van der Waals surface area contributed by atoms with Gasteiger partial charge in [0.15, 0.2) is 0 Å². The van der Waals surface area contributed by atoms with Crippen LogP contribution in [0, 0.1) is 0 Å². The summed E-state index contributed by atoms with van der Waals surface area (Å²) in [5.74, 6) is -0.0221. The molecule has 18 heavy (non-hydrogen) atoms. The number of rotatable bonds is 6. The molecule has 0 aromatic heterocycles. The monoisotopic (exact) mass is 269 g/mol. The number of nitrogens with one attached hydrogen (secondary N) is 1. The van der Waals surface area contributed by atoms with Gasteiger partial charge in [-0.2, -0.15) is 0 Å². The van der Waals surface area contributed by atoms with Crippen LogP contribution in [0.1, 0.15) is 32.3 Å². The number of halogens is 1. The van der Waals surface area contributed by atoms with Crippen LogP contribution in [-0.4, -0.2) is 24.2 Å². The van der Waals surface area contributed by atoms with Gasteiger partial charge in [0.1, 0.15) is 0 Å². The molecule has 100 valence electrons. The minimum atomic E-state index is -0.139. The normalized spacial score (nSPS) is 11.3. The molecule has 0 aliphatic carbocycles. The van der Waals surface area contributed by atoms with E-state index in [-0.39, 0.29) is 17.9 Å². The number of aliphatic hydroxyl groups is 1. The molecule has 0 bridgehead atoms. The zero-order valence-corrected chi connectivity index (χ0v) is 11.6. The van der Waals surface area contributed by atoms with E-state index in [1.165, 1.54) is 0 Å². The van der Waals surface area contributed by atoms with E-state index in [4.69, 9.17) is 16.7 Å². The van der Waals surface area contributed by atoms with Crippen molar-refractivity contribution in [1.82, 2.24) is 5.32 Å². The minimum Gasteiger partial charge on any atom is -0.396 e. The van der Waals surface area contributed by atoms with E-state index in [0.29, 0.717) is 24.4 Å². The van der Waals surface area contributed by atoms with Crippen LogP contribution >= 0.6 is 11.6 Å². The maximum absolute atomic E-state index is 11.5. The van der Waals surface area contributed by atoms with Gasteiger partial charge in [-0.1, -0.05) is 37.6 Å². The average molecular weight is 270 g/mol. The fraction of sp³-hybridized carbons (Fsp3) is 0.500. The summed E-state index contributed by atoms with van der Waals surface area (Å²) in [6, 6.07) is 7.66. The van der Waals surface area contributed by atoms with Crippen LogP contribution < -0.4 is 5.32 Å². The van der Waals surface area contributed by atoms with Crippen molar-refractivity contribution in [2.24, 2.45) is 0 Å². The van der Waals surface area contributed by atoms with Crippen molar-refractivity contribution >= 4 is 17.5 Å². The van der Waals surface area contributed by atoms with Crippen LogP contribution in [-0.2, 0) is 10.2 Å². The van der Waals surface area contributed by atoms with E-state index in [1.54, 1.807) is 0 Å². The molecule has 0 heterocycles. The Bertz CT molecular complexity index is 387. The predicted molar refractivity (Wildman–Crippen MR) is 73.8 cm³/mol. The maximum Gasteiger partial charge on any atom is 0.220 e. The second kappa shape index (κ2) is 6.76. The van der Waals surface area contributed by atoms with Crippen molar-refractivity contribution in [1.29, 1.82) is 0 Å². The van der Waals surface area contributed by atoms with Crippen LogP contribution in [0.15, 0.2) is 24.3 Å². The summed E-state index contributed by atoms with van der Waals surface area (Å²) in [5, 5.41) is 12.3. The van der Waals surface area contributed by atoms with Crippen molar-refractivity contribution in [3.05, 3.63) is 34.9 Å². The molecule has 0 spiro atoms. The van der Waals surface area contributed by atoms with Crippen molar-refractivity contribution < 1.29 is 9.90 Å². The summed E-state index contributed by atoms with van der Waals surface area (Å²) in [4.78, 5) is 11.5. The largest absolute Gasteiger partial charge is 0.396 e. The smallest absolute Gasteiger partial charge is 0.220 e. The lowest BCUT2D eigenvalue weighted by Gasteiger charge is -2.25. The van der Waals surface area contributed by atoms with Gasteiger partial charge in [-0.25, -0.2) is 0 Å². The molecule has 0 fully saturated rings. The van der Waals surface area contributed by atoms with Gasteiger partial charge < -0.3 is 10.4 Å². The predicted octanol–water partition coefficient (Wildman–Crippen LogP) is 2.51. The van der Waals surface area contributed by atoms with Gasteiger partial charge in [0.25, 0.3) is 0 Å². The van der Waals surface area contributed by atoms with Crippen LogP contribution in [0.5, 0.6) is 0 Å². The van der Waals surface area contributed by atoms with E-state index in [1.807, 2.05) is 24.3 Å². The first-order valence-corrected chi connectivity index (χ1v) is 6.47. The molecule has 0 saturated carbocycles. The Morgan fingerprint density at radius 3 is 2.50 bits per heavy atom. The summed E-state index contributed by atoms with van der Waals surface area (Å²) in [5.41, 5.74) is 0.994. The second-order valence-electron chi connectivity index (χ2n) is 4.99. The first-order valence-electron chi connectivity index (χ1n) is 6.09. The number of amides is 1. The van der Waals surface area contributed by atoms with Crippen molar-refractivity contribution in [2.45, 2.75) is 32.1 Å². The highest BCUT2D eigenvalue weighted by Crippen LogP contribution is 2.23. The minimum absolute atomic E-state index is 0.0221. The number of benzene rings is 1. The van der Waals surface area contributed by atoms with Gasteiger partial charge in [0, 0.05) is 30.0 Å². The Morgan fingerprint density at radius 1 is 1.33 bits per heavy atom. The summed E-state index contributed by atoms with van der Waals surface area (Å²) < 4.78 is 0. The third kappa shape index (κ3) is 4.67. The van der Waals surface area contributed by atoms with Crippen LogP contribution in [0.2, 0.25) is 5.02 Å². The Labute approximate surface area is 113 Å². The molecular formula is C14H20ClNO2. The van der Waals surface area contributed by atoms with Crippen LogP contribution in [0.3, 0.4) is 0 Å². The average Bonchev–Trinajstić information content (AvgIpc) is 2.34. The molecule has 0 radical (unpaired) electrons. The standard InChI is InChI=1S/C14H20ClNO2/c1-14(2,10-16-13(18)4-3-9-17)11-5-7-12(15)8-6-11/h5-8,17H,3-4,9-10H2,1-2H3,(H,16,18). The molecule has 1 amide bonds. The molecule has 1 aromatic carbocycles. The molecule has 3 nitrogen and oxygen atoms in total. The van der Waals surface area contributed by atoms with Crippen LogP contribution in [0.4, 0.5) is 0 Å². The number of carbonyl (C=O) groups is 1. The maximum atomic E-state index is 11.5. The molecule has 2 N–H and O–H groups in total. The van der Waals surface area contributed by atoms with Crippen molar-refractivity contribution in [3.63, 3.8) is 0 Å². The van der Waals surface area contributed by atoms with E-state index >= 15 is 0 Å². The van der Waals surface area contributed by atoms with Crippen molar-refractivity contribution in [3.8, 4) is 0 Å². The molecule has 1 rings (SSSR count). The molecular weight excluding hydrogens is 250 g/mol. The number of hydrogen-bond donors (Lipinski definition) is 2. The lowest BCUT2D eigenvalue weighted by molar-refractivity contribution is -0.121. The Kier molecular flexibility index (Phi) is 5.63. The first-order chi connectivity index (χ1) is 8.45. The van der Waals surface area contributed by atoms with E-state index in [0.717, 1.165) is 5.56 Å². The lowest BCUT2D eigenvalue weighted by atomic mass is 9.84. The molecule has 0 unspecified atom stereocenters. The van der Waals surface area contributed by atoms with Gasteiger partial charge >= 0.3 is 0 Å². The molecule has 0 saturated heterocycles. The van der Waals surface area contributed by atoms with Gasteiger partial charge in [-0.3, -0.25) is 4.79 Å². The highest BCUT2D eigenvalue weighted by Gasteiger charge is 2.21. The Morgan fingerprint density at radius 2 is 1.94 bits per heavy atom. The highest BCUT2D eigenvalue weighted by atomic mass is 35.5. The topological polar surface area (TPSA) is 49.3 Å². The van der Waals surface area contributed by atoms with E-state index < -0.39 is 0 Å². The fourth-order valence-electron chi connectivity index (χ4n) is 1.65. The molecule has 0 aliphatic rings. The molecule has 0 atom stereocenters. The second-order valence-corrected chi connectivity index (χ2v) is 5.43. The summed E-state index contributed by atoms with van der Waals surface area (Å²) in [7, 11) is 0. The quantitative estimate of drug-likeness (QED) is 0.834. The lowest BCUT2D eigenvalue weighted by Crippen LogP contribution is -2.36. The molecule has 0 aliphatic heterocycles. The number of carbonyl (C=O) groups excluding carboxylic acids is 1. The third-order valence-electron chi connectivity index (χ3n) is 2.92. The Hall–Kier alpha value is -1.06. The number of hydrogen-bond acceptors (Lipinski definition) is 2. The fourth-order valence-corrected chi connectivity index (χ4v) is 1.78. The first kappa shape index (κ1) is 15.0. The number of aliphatic hydroxyl groups excluding tert-OH is 1. The van der Waals surface area contributed by atoms with Gasteiger partial charge in [0.2, 0.25) is 5.91 Å². The Balaban J connectivity index is 2.54. The van der Waals surface area contributed by atoms with Gasteiger partial charge in [-0.05, 0) is 24.1 Å². The van der Waals surface area contributed by atoms with Crippen molar-refractivity contribution in [2.75, 3.05) is 13.2 Å². The summed E-state index contributed by atoms with van der Waals surface area (Å²) in [6.45, 7) is 4.76. The summed E-state index contributed by atoms with van der Waals surface area (Å²) >= 11 is 5.85. The van der Waals surface area contributed by atoms with Gasteiger partial charge in [0.05, 0.1) is 0 Å².